The maximum absolute atomic E-state index is 11.8. The number of carbonyl (C=O) groups is 2. The Bertz CT molecular complexity index is 497. The zero-order valence-corrected chi connectivity index (χ0v) is 11.7. The molecule has 2 rings (SSSR count). The minimum absolute atomic E-state index is 0.172. The van der Waals surface area contributed by atoms with Gasteiger partial charge >= 0.3 is 5.97 Å². The van der Waals surface area contributed by atoms with Gasteiger partial charge in [0.05, 0.1) is 5.92 Å². The summed E-state index contributed by atoms with van der Waals surface area (Å²) in [5.41, 5.74) is 0. The quantitative estimate of drug-likeness (QED) is 0.473. The predicted molar refractivity (Wildman–Crippen MR) is 73.3 cm³/mol. The summed E-state index contributed by atoms with van der Waals surface area (Å²) in [5, 5.41) is 19.7. The number of carboxylic acid groups (broad SMARTS) is 1. The molecule has 2 N–H and O–H groups in total. The molecule has 1 aliphatic rings. The first-order valence-electron chi connectivity index (χ1n) is 5.71. The van der Waals surface area contributed by atoms with E-state index in [2.05, 4.69) is 22.1 Å². The van der Waals surface area contributed by atoms with E-state index in [4.69, 9.17) is 5.11 Å². The summed E-state index contributed by atoms with van der Waals surface area (Å²) < 4.78 is 0.771. The van der Waals surface area contributed by atoms with Crippen LogP contribution in [-0.2, 0) is 9.59 Å². The summed E-state index contributed by atoms with van der Waals surface area (Å²) in [5.74, 6) is -0.874. The maximum atomic E-state index is 11.8. The van der Waals surface area contributed by atoms with Gasteiger partial charge in [-0.1, -0.05) is 29.2 Å². The number of carboxylic acids is 1. The smallest absolute Gasteiger partial charge is 0.306 e. The van der Waals surface area contributed by atoms with E-state index in [0.29, 0.717) is 18.0 Å². The van der Waals surface area contributed by atoms with E-state index in [1.54, 1.807) is 6.08 Å². The molecule has 0 aromatic carbocycles. The summed E-state index contributed by atoms with van der Waals surface area (Å²) in [6.07, 6.45) is 2.57. The van der Waals surface area contributed by atoms with Crippen LogP contribution in [0.4, 0.5) is 5.13 Å². The Kier molecular flexibility index (Phi) is 4.54. The van der Waals surface area contributed by atoms with E-state index in [1.807, 2.05) is 0 Å². The van der Waals surface area contributed by atoms with Crippen LogP contribution >= 0.6 is 23.1 Å². The van der Waals surface area contributed by atoms with E-state index in [-0.39, 0.29) is 17.7 Å². The number of aliphatic carboxylic acids is 1. The number of thioether (sulfide) groups is 1. The third kappa shape index (κ3) is 3.54. The third-order valence-corrected chi connectivity index (χ3v) is 4.79. The van der Waals surface area contributed by atoms with Crippen molar-refractivity contribution in [3.63, 3.8) is 0 Å². The van der Waals surface area contributed by atoms with E-state index in [9.17, 15) is 9.59 Å². The largest absolute Gasteiger partial charge is 0.481 e. The molecule has 0 spiro atoms. The second-order valence-corrected chi connectivity index (χ2v) is 6.41. The molecule has 1 aliphatic carbocycles. The molecule has 0 saturated heterocycles. The van der Waals surface area contributed by atoms with Gasteiger partial charge < -0.3 is 10.4 Å². The SMILES string of the molecule is C=CCSc1nnc(NC(=O)C2CC(C(=O)O)C2)s1. The standard InChI is InChI=1S/C11H13N3O3S2/c1-2-3-18-11-14-13-10(19-11)12-8(15)6-4-7(5-6)9(16)17/h2,6-7H,1,3-5H2,(H,16,17)(H,12,13,15). The average Bonchev–Trinajstić information content (AvgIpc) is 2.71. The molecule has 8 heteroatoms. The van der Waals surface area contributed by atoms with Crippen molar-refractivity contribution < 1.29 is 14.7 Å². The zero-order valence-electron chi connectivity index (χ0n) is 10.0. The van der Waals surface area contributed by atoms with Gasteiger partial charge in [-0.05, 0) is 12.8 Å². The molecule has 1 aromatic rings. The molecule has 0 bridgehead atoms. The number of hydrogen-bond acceptors (Lipinski definition) is 6. The number of nitrogens with one attached hydrogen (secondary N) is 1. The van der Waals surface area contributed by atoms with E-state index in [1.165, 1.54) is 23.1 Å². The van der Waals surface area contributed by atoms with Crippen LogP contribution < -0.4 is 5.32 Å². The van der Waals surface area contributed by atoms with Crippen molar-refractivity contribution in [1.82, 2.24) is 10.2 Å². The van der Waals surface area contributed by atoms with Crippen LogP contribution in [0.3, 0.4) is 0 Å². The van der Waals surface area contributed by atoms with Crippen molar-refractivity contribution in [2.45, 2.75) is 17.2 Å². The number of anilines is 1. The number of aromatic nitrogens is 2. The Morgan fingerprint density at radius 3 is 2.84 bits per heavy atom. The van der Waals surface area contributed by atoms with E-state index < -0.39 is 5.97 Å². The van der Waals surface area contributed by atoms with Crippen LogP contribution in [0.25, 0.3) is 0 Å². The van der Waals surface area contributed by atoms with Crippen molar-refractivity contribution in [3.8, 4) is 0 Å². The van der Waals surface area contributed by atoms with Crippen LogP contribution in [0.5, 0.6) is 0 Å². The van der Waals surface area contributed by atoms with Gasteiger partial charge in [0.15, 0.2) is 4.34 Å². The highest BCUT2D eigenvalue weighted by Crippen LogP contribution is 2.35. The second kappa shape index (κ2) is 6.16. The van der Waals surface area contributed by atoms with Gasteiger partial charge in [-0.25, -0.2) is 0 Å². The number of nitrogens with zero attached hydrogens (tertiary/aromatic N) is 2. The summed E-state index contributed by atoms with van der Waals surface area (Å²) in [4.78, 5) is 22.4. The number of hydrogen-bond donors (Lipinski definition) is 2. The monoisotopic (exact) mass is 299 g/mol. The summed E-state index contributed by atoms with van der Waals surface area (Å²) in [7, 11) is 0. The predicted octanol–water partition coefficient (Wildman–Crippen LogP) is 1.87. The Hall–Kier alpha value is -1.41. The molecular formula is C11H13N3O3S2. The Morgan fingerprint density at radius 1 is 1.47 bits per heavy atom. The number of carbonyl (C=O) groups excluding carboxylic acids is 1. The molecule has 19 heavy (non-hydrogen) atoms. The lowest BCUT2D eigenvalue weighted by Gasteiger charge is -2.30. The van der Waals surface area contributed by atoms with Crippen LogP contribution in [-0.4, -0.2) is 32.9 Å². The van der Waals surface area contributed by atoms with Crippen LogP contribution in [0.2, 0.25) is 0 Å². The number of rotatable bonds is 6. The van der Waals surface area contributed by atoms with Gasteiger partial charge in [0.25, 0.3) is 0 Å². The molecular weight excluding hydrogens is 286 g/mol. The van der Waals surface area contributed by atoms with Crippen molar-refractivity contribution in [1.29, 1.82) is 0 Å². The maximum Gasteiger partial charge on any atom is 0.306 e. The molecule has 1 amide bonds. The van der Waals surface area contributed by atoms with Crippen molar-refractivity contribution in [2.24, 2.45) is 11.8 Å². The lowest BCUT2D eigenvalue weighted by Crippen LogP contribution is -2.38. The zero-order chi connectivity index (χ0) is 13.8. The topological polar surface area (TPSA) is 92.2 Å². The molecule has 0 atom stereocenters. The van der Waals surface area contributed by atoms with Crippen molar-refractivity contribution in [2.75, 3.05) is 11.1 Å². The Balaban J connectivity index is 1.81. The van der Waals surface area contributed by atoms with E-state index >= 15 is 0 Å². The average molecular weight is 299 g/mol. The molecule has 0 aliphatic heterocycles. The fraction of sp³-hybridized carbons (Fsp3) is 0.455. The molecule has 102 valence electrons. The van der Waals surface area contributed by atoms with Gasteiger partial charge in [0.1, 0.15) is 0 Å². The molecule has 1 saturated carbocycles. The highest BCUT2D eigenvalue weighted by Gasteiger charge is 2.39. The highest BCUT2D eigenvalue weighted by atomic mass is 32.2. The normalized spacial score (nSPS) is 21.5. The lowest BCUT2D eigenvalue weighted by atomic mass is 9.74. The Labute approximate surface area is 118 Å². The molecule has 6 nitrogen and oxygen atoms in total. The Morgan fingerprint density at radius 2 is 2.21 bits per heavy atom. The first kappa shape index (κ1) is 14.0. The molecule has 0 unspecified atom stereocenters. The second-order valence-electron chi connectivity index (χ2n) is 4.17. The fourth-order valence-electron chi connectivity index (χ4n) is 1.69. The van der Waals surface area contributed by atoms with Crippen LogP contribution in [0.15, 0.2) is 17.0 Å². The summed E-state index contributed by atoms with van der Waals surface area (Å²) in [6, 6.07) is 0. The molecule has 1 fully saturated rings. The van der Waals surface area contributed by atoms with Gasteiger partial charge in [0.2, 0.25) is 11.0 Å². The third-order valence-electron chi connectivity index (χ3n) is 2.82. The first-order valence-corrected chi connectivity index (χ1v) is 7.51. The van der Waals surface area contributed by atoms with Gasteiger partial charge in [-0.2, -0.15) is 0 Å². The van der Waals surface area contributed by atoms with Gasteiger partial charge in [0, 0.05) is 11.7 Å². The van der Waals surface area contributed by atoms with Crippen LogP contribution in [0, 0.1) is 11.8 Å². The van der Waals surface area contributed by atoms with Gasteiger partial charge in [-0.15, -0.1) is 16.8 Å². The van der Waals surface area contributed by atoms with Gasteiger partial charge in [-0.3, -0.25) is 9.59 Å². The van der Waals surface area contributed by atoms with Crippen LogP contribution in [0.1, 0.15) is 12.8 Å². The first-order chi connectivity index (χ1) is 9.10. The molecule has 0 radical (unpaired) electrons. The van der Waals surface area contributed by atoms with Crippen molar-refractivity contribution in [3.05, 3.63) is 12.7 Å². The lowest BCUT2D eigenvalue weighted by molar-refractivity contribution is -0.147. The molecule has 1 heterocycles. The number of amides is 1. The minimum Gasteiger partial charge on any atom is -0.481 e. The summed E-state index contributed by atoms with van der Waals surface area (Å²) >= 11 is 2.80. The minimum atomic E-state index is -0.830. The van der Waals surface area contributed by atoms with Crippen molar-refractivity contribution >= 4 is 40.1 Å². The summed E-state index contributed by atoms with van der Waals surface area (Å²) in [6.45, 7) is 3.61. The fourth-order valence-corrected chi connectivity index (χ4v) is 3.21. The highest BCUT2D eigenvalue weighted by molar-refractivity contribution is 8.01. The molecule has 1 aromatic heterocycles. The van der Waals surface area contributed by atoms with E-state index in [0.717, 1.165) is 10.1 Å².